The molecule has 0 aliphatic heterocycles. The molecule has 4 unspecified atom stereocenters. The van der Waals surface area contributed by atoms with Crippen molar-refractivity contribution in [1.82, 2.24) is 15.5 Å². The van der Waals surface area contributed by atoms with Crippen molar-refractivity contribution in [3.63, 3.8) is 0 Å². The van der Waals surface area contributed by atoms with Gasteiger partial charge in [0.05, 0.1) is 0 Å². The zero-order chi connectivity index (χ0) is 26.5. The number of benzene rings is 1. The summed E-state index contributed by atoms with van der Waals surface area (Å²) in [6, 6.07) is 4.28. The van der Waals surface area contributed by atoms with Gasteiger partial charge in [-0.3, -0.25) is 9.59 Å². The van der Waals surface area contributed by atoms with E-state index in [0.29, 0.717) is 6.54 Å². The highest BCUT2D eigenvalue weighted by molar-refractivity contribution is 5.93. The molecule has 1 aromatic rings. The van der Waals surface area contributed by atoms with E-state index in [-0.39, 0.29) is 29.7 Å². The summed E-state index contributed by atoms with van der Waals surface area (Å²) in [5, 5.41) is 5.86. The van der Waals surface area contributed by atoms with E-state index in [4.69, 9.17) is 4.74 Å². The van der Waals surface area contributed by atoms with Crippen molar-refractivity contribution < 1.29 is 19.1 Å². The van der Waals surface area contributed by atoms with Crippen LogP contribution in [0.3, 0.4) is 0 Å². The first-order valence-electron chi connectivity index (χ1n) is 12.9. The molecule has 4 atom stereocenters. The van der Waals surface area contributed by atoms with Gasteiger partial charge < -0.3 is 20.3 Å². The summed E-state index contributed by atoms with van der Waals surface area (Å²) in [6.07, 6.45) is 2.02. The second-order valence-corrected chi connectivity index (χ2v) is 11.2. The van der Waals surface area contributed by atoms with Crippen molar-refractivity contribution in [2.75, 3.05) is 6.54 Å². The molecule has 7 heteroatoms. The Bertz CT molecular complexity index is 886. The van der Waals surface area contributed by atoms with E-state index in [2.05, 4.69) is 24.5 Å². The molecule has 0 spiro atoms. The molecule has 196 valence electrons. The largest absolute Gasteiger partial charge is 0.444 e. The van der Waals surface area contributed by atoms with Crippen molar-refractivity contribution in [3.8, 4) is 0 Å². The Hall–Kier alpha value is -2.57. The molecular formula is C28H45N3O4. The number of ether oxygens (including phenoxy) is 1. The summed E-state index contributed by atoms with van der Waals surface area (Å²) in [5.41, 5.74) is 2.11. The lowest BCUT2D eigenvalue weighted by Crippen LogP contribution is -2.56. The molecule has 1 aliphatic carbocycles. The van der Waals surface area contributed by atoms with Crippen LogP contribution in [0.4, 0.5) is 4.79 Å². The zero-order valence-corrected chi connectivity index (χ0v) is 23.0. The molecule has 2 N–H and O–H groups in total. The minimum absolute atomic E-state index is 0.0647. The third-order valence-corrected chi connectivity index (χ3v) is 6.46. The molecule has 1 fully saturated rings. The van der Waals surface area contributed by atoms with E-state index in [0.717, 1.165) is 36.0 Å². The summed E-state index contributed by atoms with van der Waals surface area (Å²) < 4.78 is 5.44. The van der Waals surface area contributed by atoms with Gasteiger partial charge in [-0.15, -0.1) is 0 Å². The monoisotopic (exact) mass is 487 g/mol. The van der Waals surface area contributed by atoms with Crippen LogP contribution in [0.1, 0.15) is 90.5 Å². The van der Waals surface area contributed by atoms with Gasteiger partial charge in [0, 0.05) is 12.6 Å². The molecular weight excluding hydrogens is 442 g/mol. The molecule has 1 aromatic carbocycles. The third kappa shape index (κ3) is 7.71. The molecule has 0 bridgehead atoms. The van der Waals surface area contributed by atoms with Gasteiger partial charge in [0.2, 0.25) is 11.8 Å². The van der Waals surface area contributed by atoms with Gasteiger partial charge in [-0.25, -0.2) is 4.79 Å². The Kier molecular flexibility index (Phi) is 9.76. The number of unbranched alkanes of at least 4 members (excludes halogenated alkanes) is 1. The Labute approximate surface area is 211 Å². The van der Waals surface area contributed by atoms with Crippen molar-refractivity contribution in [2.24, 2.45) is 11.8 Å². The van der Waals surface area contributed by atoms with Crippen LogP contribution in [0, 0.1) is 25.7 Å². The first kappa shape index (κ1) is 28.7. The predicted molar refractivity (Wildman–Crippen MR) is 139 cm³/mol. The van der Waals surface area contributed by atoms with E-state index in [9.17, 15) is 14.4 Å². The van der Waals surface area contributed by atoms with E-state index in [1.165, 1.54) is 0 Å². The number of amides is 3. The van der Waals surface area contributed by atoms with Crippen molar-refractivity contribution in [2.45, 2.75) is 105 Å². The standard InChI is InChI=1S/C28H45N3O4/c1-10-11-15-29-25(32)24(22-18(4)13-12-14-19(22)5)31(21-16-20(21)6)26(33)23(17(2)3)30-27(34)35-28(7,8)9/h12-14,17,20-21,23-24H,10-11,15-16H2,1-9H3,(H,29,32)(H,30,34). The molecule has 0 aromatic heterocycles. The smallest absolute Gasteiger partial charge is 0.408 e. The van der Waals surface area contributed by atoms with Gasteiger partial charge in [-0.05, 0) is 76.0 Å². The van der Waals surface area contributed by atoms with Crippen LogP contribution in [0.5, 0.6) is 0 Å². The summed E-state index contributed by atoms with van der Waals surface area (Å²) in [7, 11) is 0. The molecule has 7 nitrogen and oxygen atoms in total. The number of carbonyl (C=O) groups excluding carboxylic acids is 3. The van der Waals surface area contributed by atoms with Crippen LogP contribution < -0.4 is 10.6 Å². The van der Waals surface area contributed by atoms with E-state index in [1.54, 1.807) is 25.7 Å². The second-order valence-electron chi connectivity index (χ2n) is 11.2. The molecule has 0 radical (unpaired) electrons. The lowest BCUT2D eigenvalue weighted by Gasteiger charge is -2.37. The number of nitrogens with zero attached hydrogens (tertiary/aromatic N) is 1. The number of hydrogen-bond donors (Lipinski definition) is 2. The summed E-state index contributed by atoms with van der Waals surface area (Å²) in [6.45, 7) is 17.8. The average Bonchev–Trinajstić information content (AvgIpc) is 3.45. The predicted octanol–water partition coefficient (Wildman–Crippen LogP) is 5.05. The van der Waals surface area contributed by atoms with Crippen LogP contribution in [0.25, 0.3) is 0 Å². The maximum absolute atomic E-state index is 14.2. The first-order chi connectivity index (χ1) is 16.3. The number of carbonyl (C=O) groups is 3. The molecule has 2 rings (SSSR count). The van der Waals surface area contributed by atoms with Gasteiger partial charge in [0.15, 0.2) is 0 Å². The van der Waals surface area contributed by atoms with E-state index >= 15 is 0 Å². The van der Waals surface area contributed by atoms with Gasteiger partial charge in [0.25, 0.3) is 0 Å². The van der Waals surface area contributed by atoms with Crippen LogP contribution in [-0.4, -0.2) is 47.0 Å². The highest BCUT2D eigenvalue weighted by Gasteiger charge is 2.49. The topological polar surface area (TPSA) is 87.7 Å². The molecule has 1 saturated carbocycles. The highest BCUT2D eigenvalue weighted by Crippen LogP contribution is 2.42. The van der Waals surface area contributed by atoms with E-state index < -0.39 is 23.8 Å². The Morgan fingerprint density at radius 2 is 1.71 bits per heavy atom. The minimum Gasteiger partial charge on any atom is -0.444 e. The van der Waals surface area contributed by atoms with Crippen LogP contribution >= 0.6 is 0 Å². The fourth-order valence-corrected chi connectivity index (χ4v) is 4.42. The zero-order valence-electron chi connectivity index (χ0n) is 23.0. The highest BCUT2D eigenvalue weighted by atomic mass is 16.6. The number of alkyl carbamates (subject to hydrolysis) is 1. The molecule has 0 saturated heterocycles. The lowest BCUT2D eigenvalue weighted by molar-refractivity contribution is -0.144. The second kappa shape index (κ2) is 11.9. The third-order valence-electron chi connectivity index (χ3n) is 6.46. The quantitative estimate of drug-likeness (QED) is 0.452. The first-order valence-corrected chi connectivity index (χ1v) is 12.9. The fourth-order valence-electron chi connectivity index (χ4n) is 4.42. The maximum Gasteiger partial charge on any atom is 0.408 e. The van der Waals surface area contributed by atoms with E-state index in [1.807, 2.05) is 45.9 Å². The molecule has 35 heavy (non-hydrogen) atoms. The van der Waals surface area contributed by atoms with Crippen molar-refractivity contribution in [1.29, 1.82) is 0 Å². The summed E-state index contributed by atoms with van der Waals surface area (Å²) >= 11 is 0. The SMILES string of the molecule is CCCCNC(=O)C(c1c(C)cccc1C)N(C(=O)C(NC(=O)OC(C)(C)C)C(C)C)C1CC1C. The fraction of sp³-hybridized carbons (Fsp3) is 0.679. The van der Waals surface area contributed by atoms with Gasteiger partial charge in [-0.1, -0.05) is 52.3 Å². The molecule has 3 amide bonds. The normalized spacial score (nSPS) is 19.0. The van der Waals surface area contributed by atoms with Crippen molar-refractivity contribution >= 4 is 17.9 Å². The summed E-state index contributed by atoms with van der Waals surface area (Å²) in [5.74, 6) is -0.335. The average molecular weight is 488 g/mol. The maximum atomic E-state index is 14.2. The summed E-state index contributed by atoms with van der Waals surface area (Å²) in [4.78, 5) is 42.2. The van der Waals surface area contributed by atoms with Crippen molar-refractivity contribution in [3.05, 3.63) is 34.9 Å². The number of aryl methyl sites for hydroxylation is 2. The number of nitrogens with one attached hydrogen (secondary N) is 2. The number of hydrogen-bond acceptors (Lipinski definition) is 4. The van der Waals surface area contributed by atoms with Gasteiger partial charge >= 0.3 is 6.09 Å². The Morgan fingerprint density at radius 3 is 2.17 bits per heavy atom. The Balaban J connectivity index is 2.51. The minimum atomic E-state index is -0.812. The van der Waals surface area contributed by atoms with Crippen LogP contribution in [-0.2, 0) is 14.3 Å². The Morgan fingerprint density at radius 1 is 1.14 bits per heavy atom. The lowest BCUT2D eigenvalue weighted by atomic mass is 9.92. The molecule has 1 aliphatic rings. The van der Waals surface area contributed by atoms with Crippen LogP contribution in [0.15, 0.2) is 18.2 Å². The van der Waals surface area contributed by atoms with Gasteiger partial charge in [-0.2, -0.15) is 0 Å². The van der Waals surface area contributed by atoms with Crippen LogP contribution in [0.2, 0.25) is 0 Å². The molecule has 0 heterocycles. The number of rotatable bonds is 10. The van der Waals surface area contributed by atoms with Gasteiger partial charge in [0.1, 0.15) is 17.7 Å².